The zero-order chi connectivity index (χ0) is 29.7. The lowest BCUT2D eigenvalue weighted by Gasteiger charge is -2.42. The summed E-state index contributed by atoms with van der Waals surface area (Å²) in [5.41, 5.74) is 0.00377. The lowest BCUT2D eigenvalue weighted by molar-refractivity contribution is -0.269. The second-order valence-corrected chi connectivity index (χ2v) is 9.37. The summed E-state index contributed by atoms with van der Waals surface area (Å²) in [6.45, 7) is 1.97. The number of carbonyl (C=O) groups excluding carboxylic acids is 4. The average molecular weight is 570 g/mol. The summed E-state index contributed by atoms with van der Waals surface area (Å²) in [4.78, 5) is 47.0. The van der Waals surface area contributed by atoms with Gasteiger partial charge in [-0.25, -0.2) is 0 Å². The molecule has 1 heterocycles. The molecule has 1 amide bonds. The molecule has 4 N–H and O–H groups in total. The zero-order valence-electron chi connectivity index (χ0n) is 23.0. The molecule has 13 heteroatoms. The highest BCUT2D eigenvalue weighted by Crippen LogP contribution is 2.29. The lowest BCUT2D eigenvalue weighted by Crippen LogP contribution is -2.64. The maximum atomic E-state index is 13.1. The Kier molecular flexibility index (Phi) is 14.0. The Balaban J connectivity index is 2.00. The van der Waals surface area contributed by atoms with Crippen LogP contribution in [0.3, 0.4) is 0 Å². The minimum Gasteiger partial charge on any atom is -0.469 e. The number of aliphatic hydroxyl groups is 3. The molecule has 224 valence electrons. The molecule has 3 unspecified atom stereocenters. The largest absolute Gasteiger partial charge is 0.469 e. The van der Waals surface area contributed by atoms with E-state index < -0.39 is 55.1 Å². The van der Waals surface area contributed by atoms with Crippen molar-refractivity contribution in [2.24, 2.45) is 0 Å². The monoisotopic (exact) mass is 569 g/mol. The second-order valence-electron chi connectivity index (χ2n) is 9.37. The topological polar surface area (TPSA) is 187 Å². The Morgan fingerprint density at radius 3 is 2.15 bits per heavy atom. The van der Waals surface area contributed by atoms with E-state index in [1.807, 2.05) is 0 Å². The van der Waals surface area contributed by atoms with Crippen molar-refractivity contribution in [2.45, 2.75) is 89.4 Å². The fourth-order valence-electron chi connectivity index (χ4n) is 4.12. The summed E-state index contributed by atoms with van der Waals surface area (Å²) >= 11 is 0. The van der Waals surface area contributed by atoms with Gasteiger partial charge in [0.15, 0.2) is 17.8 Å². The first-order valence-electron chi connectivity index (χ1n) is 13.2. The van der Waals surface area contributed by atoms with Crippen molar-refractivity contribution in [3.8, 4) is 11.5 Å². The predicted octanol–water partition coefficient (Wildman–Crippen LogP) is 0.995. The third kappa shape index (κ3) is 10.5. The molecule has 0 radical (unpaired) electrons. The summed E-state index contributed by atoms with van der Waals surface area (Å²) in [5.74, 6) is -2.51. The van der Waals surface area contributed by atoms with E-state index in [1.54, 1.807) is 0 Å². The van der Waals surface area contributed by atoms with Gasteiger partial charge in [-0.1, -0.05) is 25.7 Å². The van der Waals surface area contributed by atoms with Crippen LogP contribution in [-0.2, 0) is 28.6 Å². The van der Waals surface area contributed by atoms with Crippen molar-refractivity contribution >= 4 is 23.8 Å². The predicted molar refractivity (Wildman–Crippen MR) is 138 cm³/mol. The van der Waals surface area contributed by atoms with Gasteiger partial charge in [-0.2, -0.15) is 0 Å². The number of hydrogen-bond donors (Lipinski definition) is 4. The number of carbonyl (C=O) groups is 4. The van der Waals surface area contributed by atoms with Gasteiger partial charge in [-0.15, -0.1) is 0 Å². The molecule has 13 nitrogen and oxygen atoms in total. The van der Waals surface area contributed by atoms with Crippen LogP contribution in [0.4, 0.5) is 0 Å². The van der Waals surface area contributed by atoms with Crippen molar-refractivity contribution in [2.75, 3.05) is 20.3 Å². The van der Waals surface area contributed by atoms with Crippen molar-refractivity contribution < 1.29 is 58.2 Å². The van der Waals surface area contributed by atoms with Crippen molar-refractivity contribution in [3.63, 3.8) is 0 Å². The summed E-state index contributed by atoms with van der Waals surface area (Å²) in [6.07, 6.45) is 0.0991. The number of rotatable bonds is 15. The van der Waals surface area contributed by atoms with Gasteiger partial charge in [0.25, 0.3) is 5.91 Å². The van der Waals surface area contributed by atoms with Gasteiger partial charge in [0.2, 0.25) is 0 Å². The Morgan fingerprint density at radius 2 is 1.52 bits per heavy atom. The minimum atomic E-state index is -1.53. The third-order valence-corrected chi connectivity index (χ3v) is 6.18. The Labute approximate surface area is 232 Å². The fraction of sp³-hybridized carbons (Fsp3) is 0.630. The van der Waals surface area contributed by atoms with Crippen LogP contribution in [0.1, 0.15) is 69.2 Å². The highest BCUT2D eigenvalue weighted by atomic mass is 16.7. The molecule has 1 aliphatic rings. The number of ether oxygens (including phenoxy) is 5. The van der Waals surface area contributed by atoms with Gasteiger partial charge >= 0.3 is 17.9 Å². The number of amides is 1. The third-order valence-electron chi connectivity index (χ3n) is 6.18. The van der Waals surface area contributed by atoms with Crippen LogP contribution in [0, 0.1) is 0 Å². The van der Waals surface area contributed by atoms with Gasteiger partial charge in [-0.05, 0) is 31.0 Å². The minimum absolute atomic E-state index is 0.00377. The Bertz CT molecular complexity index is 1000. The quantitative estimate of drug-likeness (QED) is 0.133. The molecule has 1 aromatic carbocycles. The molecule has 0 saturated carbocycles. The normalized spacial score (nSPS) is 22.3. The molecule has 1 aliphatic heterocycles. The van der Waals surface area contributed by atoms with Crippen LogP contribution < -0.4 is 14.8 Å². The number of methoxy groups -OCH3 is 1. The van der Waals surface area contributed by atoms with Crippen LogP contribution in [0.5, 0.6) is 11.5 Å². The maximum absolute atomic E-state index is 13.1. The van der Waals surface area contributed by atoms with Crippen LogP contribution in [0.25, 0.3) is 0 Å². The highest BCUT2D eigenvalue weighted by molar-refractivity contribution is 5.95. The molecule has 0 bridgehead atoms. The van der Waals surface area contributed by atoms with Crippen LogP contribution in [-0.4, -0.2) is 90.1 Å². The van der Waals surface area contributed by atoms with E-state index in [9.17, 15) is 34.5 Å². The van der Waals surface area contributed by atoms with E-state index in [-0.39, 0.29) is 29.6 Å². The average Bonchev–Trinajstić information content (AvgIpc) is 2.91. The second kappa shape index (κ2) is 16.9. The maximum Gasteiger partial charge on any atom is 0.308 e. The van der Waals surface area contributed by atoms with Gasteiger partial charge in [0.1, 0.15) is 24.4 Å². The molecule has 1 aromatic rings. The summed E-state index contributed by atoms with van der Waals surface area (Å²) in [7, 11) is 1.36. The number of benzene rings is 1. The molecular weight excluding hydrogens is 530 g/mol. The van der Waals surface area contributed by atoms with Crippen LogP contribution in [0.15, 0.2) is 18.2 Å². The van der Waals surface area contributed by atoms with Gasteiger partial charge in [0, 0.05) is 32.4 Å². The molecule has 1 fully saturated rings. The van der Waals surface area contributed by atoms with Crippen molar-refractivity contribution in [1.82, 2.24) is 5.32 Å². The number of esters is 3. The van der Waals surface area contributed by atoms with E-state index >= 15 is 0 Å². The van der Waals surface area contributed by atoms with E-state index in [0.29, 0.717) is 12.8 Å². The number of nitrogens with one attached hydrogen (secondary N) is 1. The first-order valence-corrected chi connectivity index (χ1v) is 13.2. The standard InChI is InChI=1S/C27H39NO12/c1-16(30)38-19-12-11-18(14-20(19)39-17(2)31)26(35)28-23-25(34)24(33)21(15-29)40-27(23)37-13-9-7-5-4-6-8-10-22(32)36-3/h11-12,14,21,23-25,27,29,33-34H,4-10,13,15H2,1-3H3,(H,28,35)/t21?,23?,24-,25?,27-/m1/s1. The lowest BCUT2D eigenvalue weighted by atomic mass is 9.96. The van der Waals surface area contributed by atoms with Crippen molar-refractivity contribution in [1.29, 1.82) is 0 Å². The zero-order valence-corrected chi connectivity index (χ0v) is 23.0. The summed E-state index contributed by atoms with van der Waals surface area (Å²) in [6, 6.07) is 2.60. The van der Waals surface area contributed by atoms with Gasteiger partial charge in [0.05, 0.1) is 13.7 Å². The molecule has 5 atom stereocenters. The Hall–Kier alpha value is -3.10. The van der Waals surface area contributed by atoms with Gasteiger partial charge < -0.3 is 44.3 Å². The molecule has 0 aromatic heterocycles. The molecule has 2 rings (SSSR count). The van der Waals surface area contributed by atoms with Crippen LogP contribution in [0.2, 0.25) is 0 Å². The number of hydrogen-bond acceptors (Lipinski definition) is 12. The van der Waals surface area contributed by atoms with E-state index in [4.69, 9.17) is 18.9 Å². The first kappa shape index (κ1) is 33.1. The number of unbranched alkanes of at least 4 members (excludes halogenated alkanes) is 5. The molecule has 40 heavy (non-hydrogen) atoms. The SMILES string of the molecule is COC(=O)CCCCCCCCO[C@@H]1OC(CO)[C@@H](O)C(O)C1NC(=O)c1ccc(OC(C)=O)c(OC(C)=O)c1. The molecule has 0 spiro atoms. The Morgan fingerprint density at radius 1 is 0.900 bits per heavy atom. The summed E-state index contributed by atoms with van der Waals surface area (Å²) < 4.78 is 26.1. The fourth-order valence-corrected chi connectivity index (χ4v) is 4.12. The van der Waals surface area contributed by atoms with E-state index in [0.717, 1.165) is 39.0 Å². The molecule has 1 saturated heterocycles. The summed E-state index contributed by atoms with van der Waals surface area (Å²) in [5, 5.41) is 33.2. The van der Waals surface area contributed by atoms with E-state index in [2.05, 4.69) is 10.1 Å². The smallest absolute Gasteiger partial charge is 0.308 e. The van der Waals surface area contributed by atoms with Gasteiger partial charge in [-0.3, -0.25) is 19.2 Å². The molecular formula is C27H39NO12. The van der Waals surface area contributed by atoms with Crippen LogP contribution >= 0.6 is 0 Å². The molecule has 0 aliphatic carbocycles. The number of aliphatic hydroxyl groups excluding tert-OH is 3. The first-order chi connectivity index (χ1) is 19.1. The van der Waals surface area contributed by atoms with E-state index in [1.165, 1.54) is 32.2 Å². The highest BCUT2D eigenvalue weighted by Gasteiger charge is 2.45. The van der Waals surface area contributed by atoms with Crippen molar-refractivity contribution in [3.05, 3.63) is 23.8 Å².